The minimum atomic E-state index is -0.798. The van der Waals surface area contributed by atoms with Crippen LogP contribution >= 0.6 is 0 Å². The van der Waals surface area contributed by atoms with Crippen LogP contribution < -0.4 is 26.1 Å². The third kappa shape index (κ3) is 4.20. The van der Waals surface area contributed by atoms with Crippen LogP contribution in [0, 0.1) is 0 Å². The van der Waals surface area contributed by atoms with Gasteiger partial charge < -0.3 is 9.84 Å². The Bertz CT molecular complexity index is 1190. The van der Waals surface area contributed by atoms with Gasteiger partial charge in [0, 0.05) is 23.9 Å². The summed E-state index contributed by atoms with van der Waals surface area (Å²) < 4.78 is 6.03. The highest BCUT2D eigenvalue weighted by molar-refractivity contribution is 5.81. The van der Waals surface area contributed by atoms with Gasteiger partial charge in [0.05, 0.1) is 24.9 Å². The van der Waals surface area contributed by atoms with Gasteiger partial charge in [-0.05, 0) is 55.5 Å². The Morgan fingerprint density at radius 1 is 1.23 bits per heavy atom. The van der Waals surface area contributed by atoms with Gasteiger partial charge in [-0.3, -0.25) is 19.4 Å². The highest BCUT2D eigenvalue weighted by Gasteiger charge is 2.24. The minimum Gasteiger partial charge on any atom is -0.859 e. The summed E-state index contributed by atoms with van der Waals surface area (Å²) in [7, 11) is 1.52. The highest BCUT2D eigenvalue weighted by Crippen LogP contribution is 2.30. The number of nitrogens with one attached hydrogen (secondary N) is 2. The number of benzene rings is 1. The van der Waals surface area contributed by atoms with Crippen molar-refractivity contribution < 1.29 is 14.8 Å². The normalized spacial score (nSPS) is 16.5. The van der Waals surface area contributed by atoms with E-state index in [1.165, 1.54) is 13.3 Å². The molecule has 1 unspecified atom stereocenters. The van der Waals surface area contributed by atoms with E-state index in [0.717, 1.165) is 29.4 Å². The fourth-order valence-electron chi connectivity index (χ4n) is 3.75. The Morgan fingerprint density at radius 2 is 2.03 bits per heavy atom. The molecule has 3 aromatic rings. The van der Waals surface area contributed by atoms with Crippen molar-refractivity contribution in [1.82, 2.24) is 14.6 Å². The molecule has 1 saturated heterocycles. The molecule has 0 aliphatic carbocycles. The number of aromatic amines is 2. The molecule has 0 bridgehead atoms. The lowest BCUT2D eigenvalue weighted by Gasteiger charge is -2.33. The van der Waals surface area contributed by atoms with Crippen molar-refractivity contribution in [2.24, 2.45) is 5.10 Å². The number of nitrogens with zero attached hydrogens (tertiary/aromatic N) is 3. The summed E-state index contributed by atoms with van der Waals surface area (Å²) in [5, 5.41) is 19.3. The fourth-order valence-corrected chi connectivity index (χ4v) is 3.75. The molecule has 1 aliphatic rings. The van der Waals surface area contributed by atoms with Crippen LogP contribution in [-0.4, -0.2) is 34.4 Å². The van der Waals surface area contributed by atoms with Crippen LogP contribution in [0.15, 0.2) is 63.5 Å². The second-order valence-corrected chi connectivity index (χ2v) is 7.27. The zero-order chi connectivity index (χ0) is 21.8. The smallest absolute Gasteiger partial charge is 0.332 e. The van der Waals surface area contributed by atoms with Crippen molar-refractivity contribution in [3.8, 4) is 17.3 Å². The third-order valence-corrected chi connectivity index (χ3v) is 5.36. The number of rotatable bonds is 5. The first-order valence-electron chi connectivity index (χ1n) is 10.1. The van der Waals surface area contributed by atoms with E-state index in [1.807, 2.05) is 29.5 Å². The Balaban J connectivity index is 1.70. The topological polar surface area (TPSA) is 117 Å². The van der Waals surface area contributed by atoms with Crippen molar-refractivity contribution in [3.63, 3.8) is 0 Å². The quantitative estimate of drug-likeness (QED) is 0.617. The van der Waals surface area contributed by atoms with Crippen LogP contribution in [-0.2, 0) is 0 Å². The molecule has 1 aromatic carbocycles. The van der Waals surface area contributed by atoms with Crippen LogP contribution in [0.5, 0.6) is 11.6 Å². The van der Waals surface area contributed by atoms with Gasteiger partial charge in [0.1, 0.15) is 5.75 Å². The molecule has 9 heteroatoms. The van der Waals surface area contributed by atoms with E-state index in [4.69, 9.17) is 4.74 Å². The minimum absolute atomic E-state index is 0.0455. The second-order valence-electron chi connectivity index (χ2n) is 7.27. The number of methoxy groups -OCH3 is 1. The molecule has 4 rings (SSSR count). The predicted molar refractivity (Wildman–Crippen MR) is 113 cm³/mol. The fraction of sp³-hybridized carbons (Fsp3) is 0.273. The van der Waals surface area contributed by atoms with Crippen LogP contribution in [0.1, 0.15) is 36.4 Å². The number of pyridine rings is 1. The summed E-state index contributed by atoms with van der Waals surface area (Å²) >= 11 is 0. The van der Waals surface area contributed by atoms with E-state index in [1.54, 1.807) is 24.3 Å². The zero-order valence-corrected chi connectivity index (χ0v) is 17.1. The van der Waals surface area contributed by atoms with E-state index < -0.39 is 17.1 Å². The molecule has 31 heavy (non-hydrogen) atoms. The first-order chi connectivity index (χ1) is 15.1. The number of aromatic nitrogens is 3. The summed E-state index contributed by atoms with van der Waals surface area (Å²) in [6.45, 7) is 0.709. The monoisotopic (exact) mass is 421 g/mol. The maximum Gasteiger partial charge on any atom is 0.332 e. The van der Waals surface area contributed by atoms with Gasteiger partial charge in [0.15, 0.2) is 12.4 Å². The lowest BCUT2D eigenvalue weighted by Crippen LogP contribution is -2.34. The Kier molecular flexibility index (Phi) is 5.83. The lowest BCUT2D eigenvalue weighted by molar-refractivity contribution is -0.379. The van der Waals surface area contributed by atoms with Crippen molar-refractivity contribution >= 4 is 6.21 Å². The van der Waals surface area contributed by atoms with Crippen molar-refractivity contribution in [2.45, 2.75) is 25.3 Å². The number of ether oxygens (including phenoxy) is 1. The van der Waals surface area contributed by atoms with E-state index in [2.05, 4.69) is 15.1 Å². The van der Waals surface area contributed by atoms with Gasteiger partial charge in [-0.1, -0.05) is 0 Å². The second kappa shape index (κ2) is 8.86. The summed E-state index contributed by atoms with van der Waals surface area (Å²) in [5.41, 5.74) is -0.339. The number of hydrogen-bond acceptors (Lipinski definition) is 6. The van der Waals surface area contributed by atoms with Gasteiger partial charge in [-0.2, -0.15) is 5.10 Å². The molecule has 0 spiro atoms. The van der Waals surface area contributed by atoms with Crippen LogP contribution in [0.3, 0.4) is 0 Å². The molecule has 3 heterocycles. The number of hydrogen-bond donors (Lipinski definition) is 1. The van der Waals surface area contributed by atoms with Crippen molar-refractivity contribution in [2.75, 3.05) is 13.7 Å². The van der Waals surface area contributed by atoms with Gasteiger partial charge in [-0.25, -0.2) is 9.78 Å². The van der Waals surface area contributed by atoms with Gasteiger partial charge in [0.2, 0.25) is 0 Å². The Labute approximate surface area is 178 Å². The predicted octanol–water partition coefficient (Wildman–Crippen LogP) is 0.983. The van der Waals surface area contributed by atoms with E-state index in [0.29, 0.717) is 18.0 Å². The lowest BCUT2D eigenvalue weighted by atomic mass is 9.98. The van der Waals surface area contributed by atoms with E-state index >= 15 is 0 Å². The molecule has 9 nitrogen and oxygen atoms in total. The van der Waals surface area contributed by atoms with Crippen molar-refractivity contribution in [3.05, 3.63) is 80.8 Å². The highest BCUT2D eigenvalue weighted by atomic mass is 16.5. The Hall–Kier alpha value is -3.88. The molecule has 0 saturated carbocycles. The summed E-state index contributed by atoms with van der Waals surface area (Å²) in [4.78, 5) is 30.0. The molecule has 1 atom stereocenters. The maximum absolute atomic E-state index is 13.0. The molecule has 0 amide bonds. The van der Waals surface area contributed by atoms with Crippen LogP contribution in [0.2, 0.25) is 0 Å². The van der Waals surface area contributed by atoms with Gasteiger partial charge >= 0.3 is 5.69 Å². The average molecular weight is 421 g/mol. The van der Waals surface area contributed by atoms with E-state index in [-0.39, 0.29) is 11.6 Å². The van der Waals surface area contributed by atoms with Crippen molar-refractivity contribution in [1.29, 1.82) is 0 Å². The number of piperidine rings is 1. The molecule has 1 aliphatic heterocycles. The maximum atomic E-state index is 13.0. The largest absolute Gasteiger partial charge is 0.859 e. The van der Waals surface area contributed by atoms with Gasteiger partial charge in [0.25, 0.3) is 5.56 Å². The number of H-pyrrole nitrogens is 2. The molecule has 1 fully saturated rings. The van der Waals surface area contributed by atoms with Crippen LogP contribution in [0.4, 0.5) is 0 Å². The molecule has 160 valence electrons. The summed E-state index contributed by atoms with van der Waals surface area (Å²) in [6, 6.07) is 10.4. The van der Waals surface area contributed by atoms with Crippen LogP contribution in [0.25, 0.3) is 5.69 Å². The SMILES string of the molecule is COc1ccc(-n2c([O-])c(C=NN3CCCCC3c3ccc[nH+]c3)c(=O)[nH]c2=O)cc1. The third-order valence-electron chi connectivity index (χ3n) is 5.36. The molecule has 0 radical (unpaired) electrons. The first-order valence-corrected chi connectivity index (χ1v) is 10.1. The first kappa shape index (κ1) is 20.4. The number of hydrazone groups is 1. The Morgan fingerprint density at radius 3 is 2.74 bits per heavy atom. The average Bonchev–Trinajstić information content (AvgIpc) is 2.80. The molecular formula is C22H23N5O4. The summed E-state index contributed by atoms with van der Waals surface area (Å²) in [5.74, 6) is -0.131. The van der Waals surface area contributed by atoms with E-state index in [9.17, 15) is 14.7 Å². The summed E-state index contributed by atoms with van der Waals surface area (Å²) in [6.07, 6.45) is 7.98. The zero-order valence-electron chi connectivity index (χ0n) is 17.1. The molecule has 2 N–H and O–H groups in total. The molecular weight excluding hydrogens is 398 g/mol. The van der Waals surface area contributed by atoms with Gasteiger partial charge in [-0.15, -0.1) is 0 Å². The molecule has 2 aromatic heterocycles. The standard InChI is InChI=1S/C22H23N5O4/c1-31-17-9-7-16(8-10-17)27-21(29)18(20(28)25-22(27)30)14-24-26-12-3-2-6-19(26)15-5-4-11-23-13-15/h4-5,7-11,13-14,19,29H,2-3,6,12H2,1H3,(H,25,28,30).